The van der Waals surface area contributed by atoms with Gasteiger partial charge in [-0.05, 0) is 18.2 Å². The van der Waals surface area contributed by atoms with Crippen LogP contribution in [0.1, 0.15) is 6.42 Å². The summed E-state index contributed by atoms with van der Waals surface area (Å²) in [5, 5.41) is 0. The molecular weight excluding hydrogens is 333 g/mol. The zero-order chi connectivity index (χ0) is 16.5. The van der Waals surface area contributed by atoms with Crippen molar-refractivity contribution in [1.82, 2.24) is 4.72 Å². The number of nitrogens with one attached hydrogen (secondary N) is 1. The molecule has 0 heterocycles. The maximum atomic E-state index is 12.0. The molecule has 120 valence electrons. The van der Waals surface area contributed by atoms with E-state index in [2.05, 4.69) is 0 Å². The third-order valence-corrected chi connectivity index (χ3v) is 5.03. The summed E-state index contributed by atoms with van der Waals surface area (Å²) in [5.41, 5.74) is 5.18. The van der Waals surface area contributed by atoms with Crippen molar-refractivity contribution in [3.8, 4) is 0 Å². The van der Waals surface area contributed by atoms with Gasteiger partial charge in [-0.2, -0.15) is 13.2 Å². The average Bonchev–Trinajstić information content (AvgIpc) is 2.25. The lowest BCUT2D eigenvalue weighted by Gasteiger charge is -2.11. The lowest BCUT2D eigenvalue weighted by Crippen LogP contribution is -2.28. The van der Waals surface area contributed by atoms with Crippen LogP contribution in [-0.4, -0.2) is 35.8 Å². The topological polar surface area (TPSA) is 106 Å². The molecule has 0 amide bonds. The molecule has 0 fully saturated rings. The van der Waals surface area contributed by atoms with Crippen molar-refractivity contribution >= 4 is 25.5 Å². The van der Waals surface area contributed by atoms with Crippen LogP contribution in [0.2, 0.25) is 0 Å². The van der Waals surface area contributed by atoms with Gasteiger partial charge in [-0.1, -0.05) is 0 Å². The highest BCUT2D eigenvalue weighted by Gasteiger charge is 2.28. The number of anilines is 1. The van der Waals surface area contributed by atoms with E-state index < -0.39 is 43.9 Å². The number of benzene rings is 1. The Morgan fingerprint density at radius 2 is 1.76 bits per heavy atom. The fourth-order valence-corrected chi connectivity index (χ4v) is 3.29. The van der Waals surface area contributed by atoms with Gasteiger partial charge in [0.1, 0.15) is 4.90 Å². The molecule has 0 unspecified atom stereocenters. The van der Waals surface area contributed by atoms with Crippen LogP contribution in [0.4, 0.5) is 18.9 Å². The zero-order valence-corrected chi connectivity index (χ0v) is 12.4. The van der Waals surface area contributed by atoms with Gasteiger partial charge < -0.3 is 5.73 Å². The molecule has 0 aromatic heterocycles. The SMILES string of the molecule is CS(=O)(=O)c1ccc(N)c(S(=O)(=O)NCCC(F)(F)F)c1. The maximum Gasteiger partial charge on any atom is 0.390 e. The summed E-state index contributed by atoms with van der Waals surface area (Å²) < 4.78 is 84.2. The Morgan fingerprint density at radius 1 is 1.19 bits per heavy atom. The van der Waals surface area contributed by atoms with Crippen LogP contribution in [0.5, 0.6) is 0 Å². The number of nitrogen functional groups attached to an aromatic ring is 1. The smallest absolute Gasteiger partial charge is 0.390 e. The first-order valence-electron chi connectivity index (χ1n) is 5.49. The molecule has 0 saturated carbocycles. The number of hydrogen-bond acceptors (Lipinski definition) is 5. The van der Waals surface area contributed by atoms with Crippen LogP contribution < -0.4 is 10.5 Å². The molecule has 1 rings (SSSR count). The van der Waals surface area contributed by atoms with Gasteiger partial charge in [-0.25, -0.2) is 21.6 Å². The van der Waals surface area contributed by atoms with Gasteiger partial charge in [-0.15, -0.1) is 0 Å². The van der Waals surface area contributed by atoms with Crippen molar-refractivity contribution in [3.63, 3.8) is 0 Å². The van der Waals surface area contributed by atoms with Gasteiger partial charge >= 0.3 is 6.18 Å². The summed E-state index contributed by atoms with van der Waals surface area (Å²) in [6.07, 6.45) is -4.99. The normalized spacial score (nSPS) is 13.3. The van der Waals surface area contributed by atoms with Crippen molar-refractivity contribution in [3.05, 3.63) is 18.2 Å². The van der Waals surface area contributed by atoms with Gasteiger partial charge in [0, 0.05) is 12.8 Å². The van der Waals surface area contributed by atoms with Crippen molar-refractivity contribution in [2.45, 2.75) is 22.4 Å². The Balaban J connectivity index is 3.08. The maximum absolute atomic E-state index is 12.0. The van der Waals surface area contributed by atoms with E-state index in [0.29, 0.717) is 0 Å². The molecule has 11 heteroatoms. The first kappa shape index (κ1) is 17.7. The monoisotopic (exact) mass is 346 g/mol. The second kappa shape index (κ2) is 5.81. The molecule has 0 aliphatic rings. The summed E-state index contributed by atoms with van der Waals surface area (Å²) in [4.78, 5) is -0.875. The molecular formula is C10H13F3N2O4S2. The fraction of sp³-hybridized carbons (Fsp3) is 0.400. The van der Waals surface area contributed by atoms with Gasteiger partial charge in [0.05, 0.1) is 17.0 Å². The van der Waals surface area contributed by atoms with E-state index in [1.165, 1.54) is 0 Å². The van der Waals surface area contributed by atoms with Gasteiger partial charge in [0.15, 0.2) is 9.84 Å². The Morgan fingerprint density at radius 3 is 2.24 bits per heavy atom. The number of halogens is 3. The van der Waals surface area contributed by atoms with E-state index in [1.807, 2.05) is 0 Å². The number of alkyl halides is 3. The molecule has 0 radical (unpaired) electrons. The first-order valence-corrected chi connectivity index (χ1v) is 8.86. The van der Waals surface area contributed by atoms with Crippen LogP contribution in [0, 0.1) is 0 Å². The summed E-state index contributed by atoms with van der Waals surface area (Å²) >= 11 is 0. The highest BCUT2D eigenvalue weighted by atomic mass is 32.2. The minimum atomic E-state index is -4.51. The highest BCUT2D eigenvalue weighted by molar-refractivity contribution is 7.91. The molecule has 0 aliphatic carbocycles. The summed E-state index contributed by atoms with van der Waals surface area (Å²) in [6.45, 7) is -0.867. The molecule has 0 saturated heterocycles. The standard InChI is InChI=1S/C10H13F3N2O4S2/c1-20(16,17)7-2-3-8(14)9(6-7)21(18,19)15-5-4-10(11,12)13/h2-3,6,15H,4-5,14H2,1H3. The Bertz CT molecular complexity index is 727. The van der Waals surface area contributed by atoms with Crippen LogP contribution in [0.3, 0.4) is 0 Å². The van der Waals surface area contributed by atoms with E-state index in [-0.39, 0.29) is 10.6 Å². The predicted molar refractivity (Wildman–Crippen MR) is 69.8 cm³/mol. The Hall–Kier alpha value is -1.33. The van der Waals surface area contributed by atoms with Gasteiger partial charge in [-0.3, -0.25) is 0 Å². The Kier molecular flexibility index (Phi) is 4.90. The summed E-state index contributed by atoms with van der Waals surface area (Å²) in [6, 6.07) is 2.98. The molecule has 0 aliphatic heterocycles. The van der Waals surface area contributed by atoms with Crippen LogP contribution in [-0.2, 0) is 19.9 Å². The molecule has 0 spiro atoms. The third-order valence-electron chi connectivity index (χ3n) is 2.40. The molecule has 0 atom stereocenters. The largest absolute Gasteiger partial charge is 0.398 e. The van der Waals surface area contributed by atoms with Crippen molar-refractivity contribution in [2.24, 2.45) is 0 Å². The number of rotatable bonds is 5. The second-order valence-electron chi connectivity index (χ2n) is 4.23. The van der Waals surface area contributed by atoms with Crippen LogP contribution in [0.25, 0.3) is 0 Å². The summed E-state index contributed by atoms with van der Waals surface area (Å²) in [5.74, 6) is 0. The van der Waals surface area contributed by atoms with E-state index >= 15 is 0 Å². The van der Waals surface area contributed by atoms with Crippen molar-refractivity contribution in [1.29, 1.82) is 0 Å². The fourth-order valence-electron chi connectivity index (χ4n) is 1.38. The van der Waals surface area contributed by atoms with Gasteiger partial charge in [0.2, 0.25) is 10.0 Å². The van der Waals surface area contributed by atoms with Crippen molar-refractivity contribution < 1.29 is 30.0 Å². The highest BCUT2D eigenvalue weighted by Crippen LogP contribution is 2.23. The Labute approximate surface area is 120 Å². The molecule has 6 nitrogen and oxygen atoms in total. The van der Waals surface area contributed by atoms with E-state index in [9.17, 15) is 30.0 Å². The van der Waals surface area contributed by atoms with Crippen LogP contribution >= 0.6 is 0 Å². The number of sulfone groups is 1. The minimum Gasteiger partial charge on any atom is -0.398 e. The average molecular weight is 346 g/mol. The molecule has 0 bridgehead atoms. The minimum absolute atomic E-state index is 0.262. The molecule has 1 aromatic carbocycles. The number of nitrogens with two attached hydrogens (primary N) is 1. The number of sulfonamides is 1. The quantitative estimate of drug-likeness (QED) is 0.771. The third kappa shape index (κ3) is 5.17. The van der Waals surface area contributed by atoms with E-state index in [0.717, 1.165) is 24.5 Å². The molecule has 3 N–H and O–H groups in total. The second-order valence-corrected chi connectivity index (χ2v) is 7.99. The summed E-state index contributed by atoms with van der Waals surface area (Å²) in [7, 11) is -8.01. The van der Waals surface area contributed by atoms with E-state index in [1.54, 1.807) is 4.72 Å². The van der Waals surface area contributed by atoms with E-state index in [4.69, 9.17) is 5.73 Å². The van der Waals surface area contributed by atoms with Crippen LogP contribution in [0.15, 0.2) is 28.0 Å². The van der Waals surface area contributed by atoms with Crippen molar-refractivity contribution in [2.75, 3.05) is 18.5 Å². The lowest BCUT2D eigenvalue weighted by molar-refractivity contribution is -0.132. The first-order chi connectivity index (χ1) is 9.33. The van der Waals surface area contributed by atoms with Gasteiger partial charge in [0.25, 0.3) is 0 Å². The zero-order valence-electron chi connectivity index (χ0n) is 10.8. The molecule has 1 aromatic rings. The predicted octanol–water partition coefficient (Wildman–Crippen LogP) is 0.903. The molecule has 21 heavy (non-hydrogen) atoms. The lowest BCUT2D eigenvalue weighted by atomic mass is 10.3. The number of hydrogen-bond donors (Lipinski definition) is 2.